The molecule has 2 aromatic rings. The Morgan fingerprint density at radius 1 is 0.800 bits per heavy atom. The van der Waals surface area contributed by atoms with Crippen LogP contribution >= 0.6 is 0 Å². The minimum atomic E-state index is -0.332. The standard InChI is InChI=1S/C15H18N2O3/c1-18-12-4-10(5-13(7-12)19-2)15(16)11-6-14(20-3)9-17-8-11/h4-9,15H,16H2,1-3H3. The van der Waals surface area contributed by atoms with Crippen LogP contribution in [0.4, 0.5) is 0 Å². The third-order valence-corrected chi connectivity index (χ3v) is 3.06. The molecule has 1 heterocycles. The summed E-state index contributed by atoms with van der Waals surface area (Å²) in [7, 11) is 4.81. The van der Waals surface area contributed by atoms with E-state index in [1.165, 1.54) is 0 Å². The number of hydrogen-bond donors (Lipinski definition) is 1. The number of aromatic nitrogens is 1. The number of benzene rings is 1. The molecule has 5 heteroatoms. The van der Waals surface area contributed by atoms with Crippen LogP contribution in [-0.4, -0.2) is 26.3 Å². The van der Waals surface area contributed by atoms with E-state index in [0.717, 1.165) is 11.1 Å². The number of nitrogens with two attached hydrogens (primary N) is 1. The highest BCUT2D eigenvalue weighted by Gasteiger charge is 2.13. The van der Waals surface area contributed by atoms with E-state index in [2.05, 4.69) is 4.98 Å². The van der Waals surface area contributed by atoms with Crippen LogP contribution in [0.2, 0.25) is 0 Å². The van der Waals surface area contributed by atoms with Crippen molar-refractivity contribution in [3.8, 4) is 17.2 Å². The molecular weight excluding hydrogens is 256 g/mol. The van der Waals surface area contributed by atoms with Crippen LogP contribution in [-0.2, 0) is 0 Å². The first-order chi connectivity index (χ1) is 9.67. The molecule has 0 spiro atoms. The SMILES string of the molecule is COc1cncc(C(N)c2cc(OC)cc(OC)c2)c1. The molecule has 1 atom stereocenters. The fraction of sp³-hybridized carbons (Fsp3) is 0.267. The highest BCUT2D eigenvalue weighted by atomic mass is 16.5. The van der Waals surface area contributed by atoms with Gasteiger partial charge in [-0.3, -0.25) is 4.98 Å². The molecule has 1 aromatic carbocycles. The largest absolute Gasteiger partial charge is 0.497 e. The van der Waals surface area contributed by atoms with E-state index < -0.39 is 0 Å². The maximum atomic E-state index is 6.28. The molecule has 0 aliphatic heterocycles. The number of ether oxygens (including phenoxy) is 3. The average molecular weight is 274 g/mol. The van der Waals surface area contributed by atoms with Gasteiger partial charge in [-0.1, -0.05) is 0 Å². The lowest BCUT2D eigenvalue weighted by molar-refractivity contribution is 0.393. The van der Waals surface area contributed by atoms with Crippen LogP contribution in [0.25, 0.3) is 0 Å². The van der Waals surface area contributed by atoms with Gasteiger partial charge in [0.15, 0.2) is 0 Å². The van der Waals surface area contributed by atoms with Crippen molar-refractivity contribution in [3.63, 3.8) is 0 Å². The normalized spacial score (nSPS) is 11.8. The lowest BCUT2D eigenvalue weighted by atomic mass is 10.0. The zero-order valence-corrected chi connectivity index (χ0v) is 11.8. The molecule has 5 nitrogen and oxygen atoms in total. The first-order valence-corrected chi connectivity index (χ1v) is 6.15. The Bertz CT molecular complexity index is 565. The van der Waals surface area contributed by atoms with Crippen molar-refractivity contribution in [3.05, 3.63) is 47.8 Å². The molecule has 106 valence electrons. The second-order valence-electron chi connectivity index (χ2n) is 4.28. The van der Waals surface area contributed by atoms with Crippen molar-refractivity contribution in [1.82, 2.24) is 4.98 Å². The summed E-state index contributed by atoms with van der Waals surface area (Å²) in [5.41, 5.74) is 8.03. The van der Waals surface area contributed by atoms with Gasteiger partial charge >= 0.3 is 0 Å². The van der Waals surface area contributed by atoms with Gasteiger partial charge in [0.05, 0.1) is 33.6 Å². The molecule has 0 saturated carbocycles. The Morgan fingerprint density at radius 3 is 1.90 bits per heavy atom. The third kappa shape index (κ3) is 3.00. The number of nitrogens with zero attached hydrogens (tertiary/aromatic N) is 1. The lowest BCUT2D eigenvalue weighted by Gasteiger charge is -2.15. The van der Waals surface area contributed by atoms with Crippen LogP contribution in [0.15, 0.2) is 36.7 Å². The lowest BCUT2D eigenvalue weighted by Crippen LogP contribution is -2.12. The Labute approximate surface area is 118 Å². The molecular formula is C15H18N2O3. The number of pyridine rings is 1. The summed E-state index contributed by atoms with van der Waals surface area (Å²) in [6, 6.07) is 7.10. The molecule has 1 aromatic heterocycles. The summed E-state index contributed by atoms with van der Waals surface area (Å²) in [5, 5.41) is 0. The van der Waals surface area contributed by atoms with Gasteiger partial charge in [-0.15, -0.1) is 0 Å². The Kier molecular flexibility index (Phi) is 4.42. The van der Waals surface area contributed by atoms with Crippen molar-refractivity contribution in [1.29, 1.82) is 0 Å². The van der Waals surface area contributed by atoms with Gasteiger partial charge in [0.2, 0.25) is 0 Å². The summed E-state index contributed by atoms with van der Waals surface area (Å²) in [6.07, 6.45) is 3.36. The van der Waals surface area contributed by atoms with Crippen LogP contribution < -0.4 is 19.9 Å². The molecule has 0 fully saturated rings. The van der Waals surface area contributed by atoms with Crippen molar-refractivity contribution < 1.29 is 14.2 Å². The molecule has 2 N–H and O–H groups in total. The highest BCUT2D eigenvalue weighted by molar-refractivity contribution is 5.43. The second kappa shape index (κ2) is 6.25. The Hall–Kier alpha value is -2.27. The molecule has 0 radical (unpaired) electrons. The molecule has 0 amide bonds. The van der Waals surface area contributed by atoms with Crippen LogP contribution in [0.3, 0.4) is 0 Å². The van der Waals surface area contributed by atoms with E-state index in [-0.39, 0.29) is 6.04 Å². The topological polar surface area (TPSA) is 66.6 Å². The fourth-order valence-corrected chi connectivity index (χ4v) is 1.92. The number of hydrogen-bond acceptors (Lipinski definition) is 5. The van der Waals surface area contributed by atoms with Gasteiger partial charge in [-0.25, -0.2) is 0 Å². The number of rotatable bonds is 5. The molecule has 0 aliphatic rings. The zero-order valence-electron chi connectivity index (χ0n) is 11.8. The molecule has 0 aliphatic carbocycles. The van der Waals surface area contributed by atoms with Crippen molar-refractivity contribution in [2.75, 3.05) is 21.3 Å². The molecule has 0 bridgehead atoms. The summed E-state index contributed by atoms with van der Waals surface area (Å²) < 4.78 is 15.7. The maximum absolute atomic E-state index is 6.28. The minimum Gasteiger partial charge on any atom is -0.497 e. The van der Waals surface area contributed by atoms with E-state index in [1.54, 1.807) is 39.8 Å². The van der Waals surface area contributed by atoms with Gasteiger partial charge < -0.3 is 19.9 Å². The summed E-state index contributed by atoms with van der Waals surface area (Å²) in [4.78, 5) is 4.12. The average Bonchev–Trinajstić information content (AvgIpc) is 2.53. The van der Waals surface area contributed by atoms with Crippen molar-refractivity contribution >= 4 is 0 Å². The monoisotopic (exact) mass is 274 g/mol. The minimum absolute atomic E-state index is 0.332. The third-order valence-electron chi connectivity index (χ3n) is 3.06. The number of methoxy groups -OCH3 is 3. The first-order valence-electron chi connectivity index (χ1n) is 6.15. The summed E-state index contributed by atoms with van der Waals surface area (Å²) >= 11 is 0. The maximum Gasteiger partial charge on any atom is 0.137 e. The molecule has 20 heavy (non-hydrogen) atoms. The predicted octanol–water partition coefficient (Wildman–Crippen LogP) is 2.16. The van der Waals surface area contributed by atoms with E-state index in [1.807, 2.05) is 18.2 Å². The van der Waals surface area contributed by atoms with E-state index >= 15 is 0 Å². The van der Waals surface area contributed by atoms with E-state index in [0.29, 0.717) is 17.2 Å². The van der Waals surface area contributed by atoms with Crippen LogP contribution in [0.1, 0.15) is 17.2 Å². The highest BCUT2D eigenvalue weighted by Crippen LogP contribution is 2.29. The first kappa shape index (κ1) is 14.1. The molecule has 0 saturated heterocycles. The Balaban J connectivity index is 2.38. The van der Waals surface area contributed by atoms with Gasteiger partial charge in [0.1, 0.15) is 17.2 Å². The van der Waals surface area contributed by atoms with Crippen molar-refractivity contribution in [2.45, 2.75) is 6.04 Å². The van der Waals surface area contributed by atoms with Gasteiger partial charge in [-0.2, -0.15) is 0 Å². The van der Waals surface area contributed by atoms with Gasteiger partial charge in [0, 0.05) is 12.3 Å². The summed E-state index contributed by atoms with van der Waals surface area (Å²) in [5.74, 6) is 2.07. The fourth-order valence-electron chi connectivity index (χ4n) is 1.92. The van der Waals surface area contributed by atoms with Crippen LogP contribution in [0.5, 0.6) is 17.2 Å². The van der Waals surface area contributed by atoms with Gasteiger partial charge in [0.25, 0.3) is 0 Å². The van der Waals surface area contributed by atoms with E-state index in [4.69, 9.17) is 19.9 Å². The second-order valence-corrected chi connectivity index (χ2v) is 4.28. The van der Waals surface area contributed by atoms with Gasteiger partial charge in [-0.05, 0) is 29.3 Å². The van der Waals surface area contributed by atoms with E-state index in [9.17, 15) is 0 Å². The quantitative estimate of drug-likeness (QED) is 0.905. The molecule has 1 unspecified atom stereocenters. The predicted molar refractivity (Wildman–Crippen MR) is 76.4 cm³/mol. The van der Waals surface area contributed by atoms with Crippen molar-refractivity contribution in [2.24, 2.45) is 5.73 Å². The molecule has 2 rings (SSSR count). The van der Waals surface area contributed by atoms with Crippen LogP contribution in [0, 0.1) is 0 Å². The smallest absolute Gasteiger partial charge is 0.137 e. The summed E-state index contributed by atoms with van der Waals surface area (Å²) in [6.45, 7) is 0. The Morgan fingerprint density at radius 2 is 1.35 bits per heavy atom. The zero-order chi connectivity index (χ0) is 14.5.